The van der Waals surface area contributed by atoms with Crippen LogP contribution in [0.4, 0.5) is 4.79 Å². The maximum absolute atomic E-state index is 13.1. The van der Waals surface area contributed by atoms with Crippen LogP contribution in [0.3, 0.4) is 0 Å². The minimum Gasteiger partial charge on any atom is -0.458 e. The Kier molecular flexibility index (Phi) is 7.86. The van der Waals surface area contributed by atoms with Crippen molar-refractivity contribution in [1.29, 1.82) is 0 Å². The van der Waals surface area contributed by atoms with Crippen molar-refractivity contribution in [2.75, 3.05) is 19.6 Å². The summed E-state index contributed by atoms with van der Waals surface area (Å²) in [5.74, 6) is -1.07. The number of allylic oxidation sites excluding steroid dienone is 1. The lowest BCUT2D eigenvalue weighted by Gasteiger charge is -2.32. The van der Waals surface area contributed by atoms with E-state index in [4.69, 9.17) is 9.94 Å². The highest BCUT2D eigenvalue weighted by atomic mass is 16.6. The van der Waals surface area contributed by atoms with Gasteiger partial charge in [-0.25, -0.2) is 15.1 Å². The molecule has 0 spiro atoms. The normalized spacial score (nSPS) is 19.8. The number of rotatable bonds is 6. The van der Waals surface area contributed by atoms with Gasteiger partial charge in [-0.15, -0.1) is 0 Å². The molecule has 2 rings (SSSR count). The maximum Gasteiger partial charge on any atom is 0.329 e. The summed E-state index contributed by atoms with van der Waals surface area (Å²) in [6.07, 6.45) is 8.54. The lowest BCUT2D eigenvalue weighted by molar-refractivity contribution is -0.159. The van der Waals surface area contributed by atoms with Gasteiger partial charge >= 0.3 is 12.0 Å². The Bertz CT molecular complexity index is 611. The van der Waals surface area contributed by atoms with Crippen LogP contribution in [0.15, 0.2) is 11.6 Å². The number of nitrogens with one attached hydrogen (secondary N) is 1. The van der Waals surface area contributed by atoms with E-state index in [1.165, 1.54) is 21.8 Å². The molecule has 1 fully saturated rings. The molecule has 158 valence electrons. The first-order chi connectivity index (χ1) is 13.2. The van der Waals surface area contributed by atoms with Gasteiger partial charge in [-0.1, -0.05) is 11.6 Å². The van der Waals surface area contributed by atoms with Crippen LogP contribution in [0.1, 0.15) is 65.7 Å². The molecule has 8 heteroatoms. The topological polar surface area (TPSA) is 99.2 Å². The van der Waals surface area contributed by atoms with E-state index in [1.807, 2.05) is 0 Å². The summed E-state index contributed by atoms with van der Waals surface area (Å²) in [6.45, 7) is 5.95. The van der Waals surface area contributed by atoms with E-state index >= 15 is 0 Å². The predicted octanol–water partition coefficient (Wildman–Crippen LogP) is 2.61. The molecular formula is C20H33N3O5. The third-order valence-corrected chi connectivity index (χ3v) is 4.99. The third-order valence-electron chi connectivity index (χ3n) is 4.99. The fourth-order valence-electron chi connectivity index (χ4n) is 3.65. The van der Waals surface area contributed by atoms with Crippen molar-refractivity contribution in [3.8, 4) is 0 Å². The maximum atomic E-state index is 13.1. The molecule has 3 amide bonds. The molecule has 8 nitrogen and oxygen atoms in total. The van der Waals surface area contributed by atoms with Crippen molar-refractivity contribution in [1.82, 2.24) is 15.3 Å². The largest absolute Gasteiger partial charge is 0.458 e. The highest BCUT2D eigenvalue weighted by molar-refractivity contribution is 5.87. The molecule has 1 aliphatic carbocycles. The number of likely N-dealkylation sites (tertiary alicyclic amines) is 1. The van der Waals surface area contributed by atoms with E-state index in [0.717, 1.165) is 19.3 Å². The van der Waals surface area contributed by atoms with Crippen LogP contribution >= 0.6 is 0 Å². The second-order valence-corrected chi connectivity index (χ2v) is 8.48. The van der Waals surface area contributed by atoms with Crippen molar-refractivity contribution in [2.45, 2.75) is 77.4 Å². The smallest absolute Gasteiger partial charge is 0.329 e. The van der Waals surface area contributed by atoms with E-state index < -0.39 is 23.5 Å². The quantitative estimate of drug-likeness (QED) is 0.312. The fraction of sp³-hybridized carbons (Fsp3) is 0.750. The summed E-state index contributed by atoms with van der Waals surface area (Å²) < 4.78 is 5.46. The Labute approximate surface area is 166 Å². The molecule has 1 saturated heterocycles. The predicted molar refractivity (Wildman–Crippen MR) is 104 cm³/mol. The van der Waals surface area contributed by atoms with Crippen LogP contribution in [-0.2, 0) is 14.3 Å². The highest BCUT2D eigenvalue weighted by Crippen LogP contribution is 2.24. The number of urea groups is 1. The number of carbonyl (C=O) groups excluding carboxylic acids is 3. The van der Waals surface area contributed by atoms with E-state index in [0.29, 0.717) is 32.4 Å². The molecule has 2 N–H and O–H groups in total. The Morgan fingerprint density at radius 2 is 2.04 bits per heavy atom. The lowest BCUT2D eigenvalue weighted by atomic mass is 9.97. The van der Waals surface area contributed by atoms with Gasteiger partial charge in [-0.05, 0) is 65.7 Å². The molecule has 0 saturated carbocycles. The minimum atomic E-state index is -0.654. The first kappa shape index (κ1) is 22.2. The van der Waals surface area contributed by atoms with Gasteiger partial charge in [0.1, 0.15) is 18.2 Å². The average molecular weight is 396 g/mol. The Morgan fingerprint density at radius 1 is 1.29 bits per heavy atom. The Balaban J connectivity index is 2.07. The number of amides is 3. The molecular weight excluding hydrogens is 362 g/mol. The molecule has 1 aliphatic heterocycles. The third kappa shape index (κ3) is 6.51. The van der Waals surface area contributed by atoms with Gasteiger partial charge < -0.3 is 14.5 Å². The van der Waals surface area contributed by atoms with E-state index in [2.05, 4.69) is 6.08 Å². The van der Waals surface area contributed by atoms with Crippen molar-refractivity contribution in [2.24, 2.45) is 0 Å². The van der Waals surface area contributed by atoms with Gasteiger partial charge in [0.05, 0.1) is 0 Å². The number of hydroxylamine groups is 1. The molecule has 0 bridgehead atoms. The molecule has 1 unspecified atom stereocenters. The van der Waals surface area contributed by atoms with Crippen LogP contribution in [0.25, 0.3) is 0 Å². The minimum absolute atomic E-state index is 0.250. The summed E-state index contributed by atoms with van der Waals surface area (Å²) in [4.78, 5) is 40.2. The number of hydrogen-bond donors (Lipinski definition) is 2. The van der Waals surface area contributed by atoms with Crippen molar-refractivity contribution in [3.05, 3.63) is 11.6 Å². The summed E-state index contributed by atoms with van der Waals surface area (Å²) in [5, 5.41) is 8.88. The summed E-state index contributed by atoms with van der Waals surface area (Å²) in [5.41, 5.74) is 2.25. The average Bonchev–Trinajstić information content (AvgIpc) is 3.13. The molecule has 0 aromatic carbocycles. The van der Waals surface area contributed by atoms with E-state index in [-0.39, 0.29) is 12.6 Å². The SMILES string of the molecule is CC(C)(C)OC(=O)C1CCCN1C(=O)N(CCC1=CCCCC1)CC(=O)NO. The van der Waals surface area contributed by atoms with Gasteiger partial charge in [0.15, 0.2) is 0 Å². The van der Waals surface area contributed by atoms with Crippen LogP contribution in [0.2, 0.25) is 0 Å². The summed E-state index contributed by atoms with van der Waals surface area (Å²) in [6, 6.07) is -1.01. The van der Waals surface area contributed by atoms with Gasteiger partial charge in [-0.3, -0.25) is 10.0 Å². The Morgan fingerprint density at radius 3 is 2.64 bits per heavy atom. The second kappa shape index (κ2) is 9.91. The van der Waals surface area contributed by atoms with Gasteiger partial charge in [0.25, 0.3) is 5.91 Å². The molecule has 0 aromatic heterocycles. The van der Waals surface area contributed by atoms with Crippen molar-refractivity contribution >= 4 is 17.9 Å². The van der Waals surface area contributed by atoms with Gasteiger partial charge in [0.2, 0.25) is 0 Å². The van der Waals surface area contributed by atoms with E-state index in [1.54, 1.807) is 26.3 Å². The number of ether oxygens (including phenoxy) is 1. The second-order valence-electron chi connectivity index (χ2n) is 8.48. The number of nitrogens with zero attached hydrogens (tertiary/aromatic N) is 2. The molecule has 2 aliphatic rings. The van der Waals surface area contributed by atoms with Crippen LogP contribution < -0.4 is 5.48 Å². The van der Waals surface area contributed by atoms with Crippen LogP contribution in [0.5, 0.6) is 0 Å². The molecule has 0 radical (unpaired) electrons. The first-order valence-electron chi connectivity index (χ1n) is 10.1. The standard InChI is InChI=1S/C20H33N3O5/c1-20(2,3)28-18(25)16-10-7-12-23(16)19(26)22(14-17(24)21-27)13-11-15-8-5-4-6-9-15/h8,16,27H,4-7,9-14H2,1-3H3,(H,21,24). The summed E-state index contributed by atoms with van der Waals surface area (Å²) in [7, 11) is 0. The van der Waals surface area contributed by atoms with E-state index in [9.17, 15) is 14.4 Å². The van der Waals surface area contributed by atoms with Crippen molar-refractivity contribution < 1.29 is 24.3 Å². The number of carbonyl (C=O) groups is 3. The zero-order chi connectivity index (χ0) is 20.7. The molecule has 1 atom stereocenters. The molecule has 28 heavy (non-hydrogen) atoms. The van der Waals surface area contributed by atoms with Crippen molar-refractivity contribution in [3.63, 3.8) is 0 Å². The first-order valence-corrected chi connectivity index (χ1v) is 10.1. The highest BCUT2D eigenvalue weighted by Gasteiger charge is 2.39. The van der Waals surface area contributed by atoms with Gasteiger partial charge in [-0.2, -0.15) is 0 Å². The monoisotopic (exact) mass is 395 g/mol. The summed E-state index contributed by atoms with van der Waals surface area (Å²) >= 11 is 0. The lowest BCUT2D eigenvalue weighted by Crippen LogP contribution is -2.51. The zero-order valence-electron chi connectivity index (χ0n) is 17.2. The molecule has 1 heterocycles. The zero-order valence-corrected chi connectivity index (χ0v) is 17.2. The van der Waals surface area contributed by atoms with Crippen LogP contribution in [-0.4, -0.2) is 64.2 Å². The Hall–Kier alpha value is -2.09. The fourth-order valence-corrected chi connectivity index (χ4v) is 3.65. The number of hydrogen-bond acceptors (Lipinski definition) is 5. The van der Waals surface area contributed by atoms with Crippen LogP contribution in [0, 0.1) is 0 Å². The molecule has 0 aromatic rings. The van der Waals surface area contributed by atoms with Gasteiger partial charge in [0, 0.05) is 13.1 Å². The number of esters is 1.